The van der Waals surface area contributed by atoms with Crippen LogP contribution in [0.1, 0.15) is 32.1 Å². The molecule has 1 aliphatic rings. The van der Waals surface area contributed by atoms with E-state index < -0.39 is 54.1 Å². The molecule has 1 rings (SSSR count). The quantitative estimate of drug-likeness (QED) is 0.470. The first kappa shape index (κ1) is 17.3. The fourth-order valence-electron chi connectivity index (χ4n) is 1.74. The van der Waals surface area contributed by atoms with Gasteiger partial charge in [0.1, 0.15) is 12.8 Å². The molecule has 0 aromatic carbocycles. The van der Waals surface area contributed by atoms with Crippen LogP contribution in [-0.2, 0) is 38.2 Å². The molecule has 0 radical (unpaired) electrons. The Morgan fingerprint density at radius 3 is 1.36 bits per heavy atom. The van der Waals surface area contributed by atoms with E-state index in [1.54, 1.807) is 0 Å². The number of carbonyl (C=O) groups is 6. The molecule has 0 amide bonds. The van der Waals surface area contributed by atoms with Crippen molar-refractivity contribution in [1.29, 1.82) is 0 Å². The second-order valence-corrected chi connectivity index (χ2v) is 4.60. The van der Waals surface area contributed by atoms with E-state index in [9.17, 15) is 28.8 Å². The fourth-order valence-corrected chi connectivity index (χ4v) is 1.74. The monoisotopic (exact) mass is 316 g/mol. The number of esters is 4. The molecule has 2 N–H and O–H groups in total. The molecule has 0 unspecified atom stereocenters. The van der Waals surface area contributed by atoms with Crippen LogP contribution in [0.4, 0.5) is 0 Å². The Balaban J connectivity index is 2.70. The third-order valence-corrected chi connectivity index (χ3v) is 2.99. The summed E-state index contributed by atoms with van der Waals surface area (Å²) in [5.74, 6) is -8.35. The molecule has 1 fully saturated rings. The average molecular weight is 316 g/mol. The summed E-state index contributed by atoms with van der Waals surface area (Å²) in [7, 11) is 0. The van der Waals surface area contributed by atoms with Gasteiger partial charge < -0.3 is 19.7 Å². The largest absolute Gasteiger partial charge is 0.481 e. The molecule has 0 saturated heterocycles. The van der Waals surface area contributed by atoms with E-state index in [0.717, 1.165) is 0 Å². The van der Waals surface area contributed by atoms with Crippen molar-refractivity contribution in [1.82, 2.24) is 0 Å². The first-order chi connectivity index (χ1) is 10.2. The number of aliphatic carboxylic acids is 2. The molecule has 10 nitrogen and oxygen atoms in total. The lowest BCUT2D eigenvalue weighted by molar-refractivity contribution is -0.184. The van der Waals surface area contributed by atoms with Gasteiger partial charge in [0.05, 0.1) is 0 Å². The van der Waals surface area contributed by atoms with Gasteiger partial charge in [0.15, 0.2) is 5.41 Å². The van der Waals surface area contributed by atoms with E-state index in [1.165, 1.54) is 0 Å². The van der Waals surface area contributed by atoms with Crippen LogP contribution in [0.15, 0.2) is 0 Å². The summed E-state index contributed by atoms with van der Waals surface area (Å²) in [5, 5.41) is 16.8. The maximum atomic E-state index is 11.8. The molecule has 10 heteroatoms. The Labute approximate surface area is 123 Å². The minimum absolute atomic E-state index is 0.0502. The van der Waals surface area contributed by atoms with Gasteiger partial charge in [-0.05, 0) is 19.3 Å². The SMILES string of the molecule is O=C(O)CC(=O)OC(=O)C1(C(=O)OC(=O)CC(=O)O)CCC1. The van der Waals surface area contributed by atoms with Crippen molar-refractivity contribution >= 4 is 35.8 Å². The Kier molecular flexibility index (Phi) is 5.33. The third kappa shape index (κ3) is 4.11. The Morgan fingerprint density at radius 2 is 1.14 bits per heavy atom. The number of ether oxygens (including phenoxy) is 2. The smallest absolute Gasteiger partial charge is 0.331 e. The van der Waals surface area contributed by atoms with Crippen LogP contribution in [0.3, 0.4) is 0 Å². The molecule has 0 aromatic rings. The molecule has 0 aliphatic heterocycles. The van der Waals surface area contributed by atoms with Crippen molar-refractivity contribution in [3.63, 3.8) is 0 Å². The number of carboxylic acids is 2. The highest BCUT2D eigenvalue weighted by Crippen LogP contribution is 2.43. The maximum Gasteiger partial charge on any atom is 0.331 e. The minimum atomic E-state index is -1.87. The predicted molar refractivity (Wildman–Crippen MR) is 63.0 cm³/mol. The van der Waals surface area contributed by atoms with Crippen LogP contribution >= 0.6 is 0 Å². The second kappa shape index (κ2) is 6.78. The van der Waals surface area contributed by atoms with E-state index in [4.69, 9.17) is 10.2 Å². The summed E-state index contributed by atoms with van der Waals surface area (Å²) < 4.78 is 8.53. The van der Waals surface area contributed by atoms with Crippen molar-refractivity contribution in [2.24, 2.45) is 5.41 Å². The van der Waals surface area contributed by atoms with Gasteiger partial charge in [-0.15, -0.1) is 0 Å². The number of carboxylic acid groups (broad SMARTS) is 2. The molecule has 22 heavy (non-hydrogen) atoms. The topological polar surface area (TPSA) is 161 Å². The molecule has 0 spiro atoms. The van der Waals surface area contributed by atoms with Crippen LogP contribution in [0.5, 0.6) is 0 Å². The zero-order chi connectivity index (χ0) is 16.9. The minimum Gasteiger partial charge on any atom is -0.481 e. The standard InChI is InChI=1S/C12H12O10/c13-6(14)4-8(17)21-10(19)12(2-1-3-12)11(20)22-9(18)5-7(15)16/h1-5H2,(H,13,14)(H,15,16). The van der Waals surface area contributed by atoms with Gasteiger partial charge in [0.2, 0.25) is 0 Å². The maximum absolute atomic E-state index is 11.8. The van der Waals surface area contributed by atoms with Crippen molar-refractivity contribution in [3.05, 3.63) is 0 Å². The summed E-state index contributed by atoms with van der Waals surface area (Å²) in [4.78, 5) is 66.5. The van der Waals surface area contributed by atoms with Crippen molar-refractivity contribution in [3.8, 4) is 0 Å². The second-order valence-electron chi connectivity index (χ2n) is 4.60. The molecule has 1 saturated carbocycles. The molecular formula is C12H12O10. The third-order valence-electron chi connectivity index (χ3n) is 2.99. The van der Waals surface area contributed by atoms with Crippen molar-refractivity contribution in [2.75, 3.05) is 0 Å². The Hall–Kier alpha value is -2.78. The zero-order valence-corrected chi connectivity index (χ0v) is 11.2. The van der Waals surface area contributed by atoms with Gasteiger partial charge >= 0.3 is 35.8 Å². The molecule has 0 aromatic heterocycles. The van der Waals surface area contributed by atoms with Gasteiger partial charge in [-0.1, -0.05) is 0 Å². The van der Waals surface area contributed by atoms with Crippen LogP contribution in [0.25, 0.3) is 0 Å². The number of rotatable bonds is 6. The van der Waals surface area contributed by atoms with E-state index in [-0.39, 0.29) is 12.8 Å². The number of hydrogen-bond donors (Lipinski definition) is 2. The van der Waals surface area contributed by atoms with Gasteiger partial charge in [0.25, 0.3) is 0 Å². The van der Waals surface area contributed by atoms with Gasteiger partial charge in [0, 0.05) is 0 Å². The summed E-state index contributed by atoms with van der Waals surface area (Å²) in [6, 6.07) is 0. The Bertz CT molecular complexity index is 498. The highest BCUT2D eigenvalue weighted by atomic mass is 16.6. The van der Waals surface area contributed by atoms with E-state index in [0.29, 0.717) is 6.42 Å². The summed E-state index contributed by atoms with van der Waals surface area (Å²) in [6.45, 7) is 0. The fraction of sp³-hybridized carbons (Fsp3) is 0.500. The lowest BCUT2D eigenvalue weighted by Gasteiger charge is -2.35. The molecule has 1 aliphatic carbocycles. The summed E-state index contributed by atoms with van der Waals surface area (Å²) in [6.07, 6.45) is -1.80. The van der Waals surface area contributed by atoms with E-state index >= 15 is 0 Å². The highest BCUT2D eigenvalue weighted by Gasteiger charge is 2.55. The van der Waals surface area contributed by atoms with Crippen LogP contribution in [0, 0.1) is 5.41 Å². The van der Waals surface area contributed by atoms with E-state index in [2.05, 4.69) is 9.47 Å². The van der Waals surface area contributed by atoms with Crippen LogP contribution < -0.4 is 0 Å². The predicted octanol–water partition coefficient (Wildman–Crippen LogP) is -0.754. The van der Waals surface area contributed by atoms with Crippen molar-refractivity contribution < 1.29 is 48.5 Å². The molecule has 0 bridgehead atoms. The Morgan fingerprint density at radius 1 is 0.773 bits per heavy atom. The van der Waals surface area contributed by atoms with Gasteiger partial charge in [-0.25, -0.2) is 0 Å². The zero-order valence-electron chi connectivity index (χ0n) is 11.2. The number of carbonyl (C=O) groups excluding carboxylic acids is 4. The molecular weight excluding hydrogens is 304 g/mol. The summed E-state index contributed by atoms with van der Waals surface area (Å²) in [5.41, 5.74) is -1.87. The van der Waals surface area contributed by atoms with E-state index in [1.807, 2.05) is 0 Å². The van der Waals surface area contributed by atoms with Crippen LogP contribution in [-0.4, -0.2) is 46.0 Å². The summed E-state index contributed by atoms with van der Waals surface area (Å²) >= 11 is 0. The normalized spacial score (nSPS) is 15.1. The first-order valence-electron chi connectivity index (χ1n) is 6.11. The molecule has 0 atom stereocenters. The number of hydrogen-bond acceptors (Lipinski definition) is 8. The van der Waals surface area contributed by atoms with Gasteiger partial charge in [-0.2, -0.15) is 0 Å². The molecule has 0 heterocycles. The van der Waals surface area contributed by atoms with Gasteiger partial charge in [-0.3, -0.25) is 28.8 Å². The van der Waals surface area contributed by atoms with Crippen LogP contribution in [0.2, 0.25) is 0 Å². The average Bonchev–Trinajstić information content (AvgIpc) is 2.23. The lowest BCUT2D eigenvalue weighted by Crippen LogP contribution is -2.48. The lowest BCUT2D eigenvalue weighted by atomic mass is 9.69. The highest BCUT2D eigenvalue weighted by molar-refractivity contribution is 6.08. The first-order valence-corrected chi connectivity index (χ1v) is 6.11. The van der Waals surface area contributed by atoms with Crippen molar-refractivity contribution in [2.45, 2.75) is 32.1 Å². The molecule has 120 valence electrons.